The van der Waals surface area contributed by atoms with Gasteiger partial charge in [0.1, 0.15) is 18.1 Å². The molecule has 2 N–H and O–H groups in total. The third-order valence-electron chi connectivity index (χ3n) is 8.91. The lowest BCUT2D eigenvalue weighted by atomic mass is 9.64. The fraction of sp³-hybridized carbons (Fsp3) is 0.433. The molecule has 0 bridgehead atoms. The van der Waals surface area contributed by atoms with Crippen LogP contribution in [0.15, 0.2) is 30.6 Å². The summed E-state index contributed by atoms with van der Waals surface area (Å²) in [6, 6.07) is 6.03. The minimum atomic E-state index is -4.12. The summed E-state index contributed by atoms with van der Waals surface area (Å²) in [4.78, 5) is 36.3. The number of nitrogens with zero attached hydrogens (tertiary/aromatic N) is 6. The highest BCUT2D eigenvalue weighted by Crippen LogP contribution is 2.55. The summed E-state index contributed by atoms with van der Waals surface area (Å²) in [7, 11) is -2.42. The van der Waals surface area contributed by atoms with Crippen molar-refractivity contribution in [1.29, 1.82) is 5.26 Å². The maximum atomic E-state index is 15.7. The molecule has 3 aromatic rings. The number of carbonyl (C=O) groups is 2. The molecular weight excluding hydrogens is 605 g/mol. The van der Waals surface area contributed by atoms with Crippen LogP contribution in [0.1, 0.15) is 38.7 Å². The molecule has 1 spiro atoms. The molecule has 6 rings (SSSR count). The van der Waals surface area contributed by atoms with Gasteiger partial charge in [-0.3, -0.25) is 14.5 Å². The molecule has 2 fully saturated rings. The van der Waals surface area contributed by atoms with Crippen molar-refractivity contribution in [3.05, 3.63) is 42.0 Å². The maximum absolute atomic E-state index is 15.7. The van der Waals surface area contributed by atoms with Crippen molar-refractivity contribution in [2.75, 3.05) is 42.9 Å². The number of ether oxygens (including phenoxy) is 1. The van der Waals surface area contributed by atoms with Crippen LogP contribution in [0.2, 0.25) is 0 Å². The molecule has 13 nitrogen and oxygen atoms in total. The summed E-state index contributed by atoms with van der Waals surface area (Å²) in [6.07, 6.45) is 4.09. The van der Waals surface area contributed by atoms with Gasteiger partial charge in [-0.25, -0.2) is 14.2 Å². The Labute approximate surface area is 259 Å². The predicted octanol–water partition coefficient (Wildman–Crippen LogP) is 3.71. The molecule has 0 atom stereocenters. The molecule has 1 saturated carbocycles. The second-order valence-corrected chi connectivity index (χ2v) is 13.6. The van der Waals surface area contributed by atoms with E-state index in [0.29, 0.717) is 29.4 Å². The fourth-order valence-corrected chi connectivity index (χ4v) is 7.54. The highest BCUT2D eigenvalue weighted by molar-refractivity contribution is 7.90. The van der Waals surface area contributed by atoms with Crippen molar-refractivity contribution in [2.24, 2.45) is 5.92 Å². The number of pyridine rings is 2. The molecule has 15 heteroatoms. The number of carbonyl (C=O) groups excluding carboxylic acids is 1. The number of fused-ring (bicyclic) bond motifs is 4. The van der Waals surface area contributed by atoms with E-state index in [1.807, 2.05) is 6.07 Å². The van der Waals surface area contributed by atoms with Crippen molar-refractivity contribution in [3.63, 3.8) is 0 Å². The molecule has 2 aliphatic heterocycles. The van der Waals surface area contributed by atoms with Crippen LogP contribution in [0.25, 0.3) is 22.0 Å². The number of carboxylic acid groups (broad SMARTS) is 1. The summed E-state index contributed by atoms with van der Waals surface area (Å²) in [5, 5.41) is 19.2. The topological polar surface area (TPSA) is 169 Å². The molecule has 2 amide bonds. The van der Waals surface area contributed by atoms with Crippen molar-refractivity contribution < 1.29 is 32.2 Å². The van der Waals surface area contributed by atoms with Crippen LogP contribution in [-0.4, -0.2) is 84.0 Å². The van der Waals surface area contributed by atoms with Crippen LogP contribution in [-0.2, 0) is 20.4 Å². The Morgan fingerprint density at radius 1 is 1.27 bits per heavy atom. The zero-order valence-corrected chi connectivity index (χ0v) is 25.8. The minimum absolute atomic E-state index is 0.00709. The number of aromatic nitrogens is 2. The molecule has 4 heterocycles. The van der Waals surface area contributed by atoms with E-state index in [4.69, 9.17) is 10.00 Å². The van der Waals surface area contributed by atoms with E-state index < -0.39 is 33.5 Å². The third kappa shape index (κ3) is 5.07. The van der Waals surface area contributed by atoms with E-state index in [2.05, 4.69) is 14.7 Å². The number of benzene rings is 1. The first-order valence-corrected chi connectivity index (χ1v) is 16.0. The lowest BCUT2D eigenvalue weighted by Gasteiger charge is -2.37. The van der Waals surface area contributed by atoms with Gasteiger partial charge >= 0.3 is 16.3 Å². The zero-order chi connectivity index (χ0) is 32.3. The van der Waals surface area contributed by atoms with Crippen LogP contribution >= 0.6 is 0 Å². The van der Waals surface area contributed by atoms with E-state index in [9.17, 15) is 23.1 Å². The molecule has 1 aromatic carbocycles. The number of nitrogens with one attached hydrogen (secondary N) is 1. The largest absolute Gasteiger partial charge is 0.474 e. The quantitative estimate of drug-likeness (QED) is 0.355. The molecule has 1 saturated heterocycles. The Balaban J connectivity index is 1.39. The highest BCUT2D eigenvalue weighted by atomic mass is 32.2. The van der Waals surface area contributed by atoms with E-state index in [-0.39, 0.29) is 60.9 Å². The van der Waals surface area contributed by atoms with Crippen LogP contribution in [0.3, 0.4) is 0 Å². The molecule has 0 radical (unpaired) electrons. The van der Waals surface area contributed by atoms with E-state index in [1.165, 1.54) is 18.3 Å². The van der Waals surface area contributed by atoms with Crippen molar-refractivity contribution in [2.45, 2.75) is 44.6 Å². The average Bonchev–Trinajstić information content (AvgIpc) is 3.16. The predicted molar refractivity (Wildman–Crippen MR) is 162 cm³/mol. The second-order valence-electron chi connectivity index (χ2n) is 11.9. The van der Waals surface area contributed by atoms with E-state index in [0.717, 1.165) is 21.2 Å². The Bertz CT molecular complexity index is 1870. The lowest BCUT2D eigenvalue weighted by Crippen LogP contribution is -2.51. The Morgan fingerprint density at radius 2 is 2.00 bits per heavy atom. The van der Waals surface area contributed by atoms with Crippen LogP contribution in [0, 0.1) is 23.1 Å². The Hall–Kier alpha value is -4.55. The van der Waals surface area contributed by atoms with Gasteiger partial charge in [-0.15, -0.1) is 0 Å². The van der Waals surface area contributed by atoms with Crippen molar-refractivity contribution in [1.82, 2.24) is 19.2 Å². The highest BCUT2D eigenvalue weighted by Gasteiger charge is 2.54. The first-order chi connectivity index (χ1) is 21.4. The zero-order valence-electron chi connectivity index (χ0n) is 24.9. The standard InChI is InChI=1S/C30H32FN7O6S/c1-17(2)38(29(40)41)7-8-44-27-24(35-45(42,43)37-15-18(12-32)16-37)9-19(13-34-27)20-10-21-23(11-22(20)31)33-14-25-26(21)30(5-4-6-30)28(39)36(25)3/h9-11,13-14,17-18,35H,4-8,15-16H2,1-3H3,(H,40,41). The monoisotopic (exact) mass is 637 g/mol. The van der Waals surface area contributed by atoms with Crippen LogP contribution in [0.5, 0.6) is 5.88 Å². The summed E-state index contributed by atoms with van der Waals surface area (Å²) in [6.45, 7) is 3.33. The molecule has 236 valence electrons. The summed E-state index contributed by atoms with van der Waals surface area (Å²) >= 11 is 0. The summed E-state index contributed by atoms with van der Waals surface area (Å²) in [5.41, 5.74) is 1.51. The number of amides is 2. The molecule has 1 aliphatic carbocycles. The maximum Gasteiger partial charge on any atom is 0.407 e. The lowest BCUT2D eigenvalue weighted by molar-refractivity contribution is -0.125. The fourth-order valence-electron chi connectivity index (χ4n) is 6.24. The molecular formula is C30H32FN7O6S. The van der Waals surface area contributed by atoms with Gasteiger partial charge in [0, 0.05) is 60.5 Å². The average molecular weight is 638 g/mol. The van der Waals surface area contributed by atoms with Gasteiger partial charge in [-0.05, 0) is 38.8 Å². The number of anilines is 2. The van der Waals surface area contributed by atoms with Gasteiger partial charge < -0.3 is 19.6 Å². The normalized spacial score (nSPS) is 17.6. The number of halogens is 1. The number of hydrogen-bond donors (Lipinski definition) is 2. The second kappa shape index (κ2) is 11.1. The van der Waals surface area contributed by atoms with Crippen molar-refractivity contribution >= 4 is 44.5 Å². The minimum Gasteiger partial charge on any atom is -0.474 e. The Morgan fingerprint density at radius 3 is 2.62 bits per heavy atom. The van der Waals surface area contributed by atoms with Gasteiger partial charge in [0.15, 0.2) is 0 Å². The smallest absolute Gasteiger partial charge is 0.407 e. The SMILES string of the molecule is CC(C)N(CCOc1ncc(-c2cc3c4c(cnc3cc2F)N(C)C(=O)C42CCC2)cc1NS(=O)(=O)N1CC(C#N)C1)C(=O)O. The third-order valence-corrected chi connectivity index (χ3v) is 10.4. The van der Waals surface area contributed by atoms with Gasteiger partial charge in [-0.1, -0.05) is 6.42 Å². The number of rotatable bonds is 9. The molecule has 2 aromatic heterocycles. The van der Waals surface area contributed by atoms with E-state index >= 15 is 4.39 Å². The molecule has 0 unspecified atom stereocenters. The van der Waals surface area contributed by atoms with Gasteiger partial charge in [-0.2, -0.15) is 18.0 Å². The van der Waals surface area contributed by atoms with Crippen LogP contribution in [0.4, 0.5) is 20.6 Å². The first-order valence-electron chi connectivity index (χ1n) is 14.6. The van der Waals surface area contributed by atoms with Gasteiger partial charge in [0.25, 0.3) is 0 Å². The number of nitriles is 1. The first kappa shape index (κ1) is 30.5. The summed E-state index contributed by atoms with van der Waals surface area (Å²) < 4.78 is 51.3. The van der Waals surface area contributed by atoms with E-state index in [1.54, 1.807) is 38.1 Å². The summed E-state index contributed by atoms with van der Waals surface area (Å²) in [5.74, 6) is -1.18. The Kier molecular flexibility index (Phi) is 7.52. The van der Waals surface area contributed by atoms with Gasteiger partial charge in [0.05, 0.1) is 41.3 Å². The number of likely N-dealkylation sites (N-methyl/N-ethyl adjacent to an activating group) is 1. The van der Waals surface area contributed by atoms with Gasteiger partial charge in [0.2, 0.25) is 11.8 Å². The van der Waals surface area contributed by atoms with Crippen LogP contribution < -0.4 is 14.4 Å². The molecule has 3 aliphatic rings. The number of hydrogen-bond acceptors (Lipinski definition) is 8. The van der Waals surface area contributed by atoms with Crippen molar-refractivity contribution in [3.8, 4) is 23.1 Å². The molecule has 45 heavy (non-hydrogen) atoms.